The minimum absolute atomic E-state index is 0.0969. The Balaban J connectivity index is 2.21. The Morgan fingerprint density at radius 2 is 2.31 bits per heavy atom. The summed E-state index contributed by atoms with van der Waals surface area (Å²) in [6.45, 7) is 3.90. The molecule has 1 aliphatic heterocycles. The molecule has 0 aromatic carbocycles. The van der Waals surface area contributed by atoms with E-state index >= 15 is 0 Å². The lowest BCUT2D eigenvalue weighted by Crippen LogP contribution is -2.42. The molecule has 0 spiro atoms. The van der Waals surface area contributed by atoms with Crippen molar-refractivity contribution < 1.29 is 14.6 Å². The highest BCUT2D eigenvalue weighted by atomic mass is 16.5. The summed E-state index contributed by atoms with van der Waals surface area (Å²) in [6, 6.07) is 0. The molecule has 0 saturated carbocycles. The van der Waals surface area contributed by atoms with Crippen LogP contribution in [0.4, 0.5) is 0 Å². The van der Waals surface area contributed by atoms with E-state index in [1.54, 1.807) is 6.92 Å². The van der Waals surface area contributed by atoms with Gasteiger partial charge in [0.05, 0.1) is 12.7 Å². The first-order valence-electron chi connectivity index (χ1n) is 5.77. The highest BCUT2D eigenvalue weighted by molar-refractivity contribution is 6.03. The van der Waals surface area contributed by atoms with Crippen molar-refractivity contribution in [2.45, 2.75) is 44.8 Å². The Hall–Kier alpha value is -0.930. The molecule has 0 aromatic heterocycles. The SMILES string of the molecule is CC=C[C@@H]1CC2=C(CO1)C(=O)[C@@](C)(O)CC2. The molecule has 1 aliphatic carbocycles. The van der Waals surface area contributed by atoms with E-state index in [0.29, 0.717) is 18.6 Å². The van der Waals surface area contributed by atoms with E-state index in [4.69, 9.17) is 4.74 Å². The molecular formula is C13H18O3. The van der Waals surface area contributed by atoms with Gasteiger partial charge < -0.3 is 9.84 Å². The lowest BCUT2D eigenvalue weighted by Gasteiger charge is -2.34. The number of carbonyl (C=O) groups excluding carboxylic acids is 1. The summed E-state index contributed by atoms with van der Waals surface area (Å²) >= 11 is 0. The van der Waals surface area contributed by atoms with Gasteiger partial charge in [-0.2, -0.15) is 0 Å². The Bertz CT molecular complexity index is 363. The second-order valence-electron chi connectivity index (χ2n) is 4.76. The first kappa shape index (κ1) is 11.6. The van der Waals surface area contributed by atoms with Crippen LogP contribution >= 0.6 is 0 Å². The number of carbonyl (C=O) groups is 1. The maximum atomic E-state index is 11.9. The Labute approximate surface area is 95.8 Å². The van der Waals surface area contributed by atoms with Gasteiger partial charge in [0.1, 0.15) is 5.60 Å². The number of Topliss-reactive ketones (excluding diaryl/α,β-unsaturated/α-hetero) is 1. The molecular weight excluding hydrogens is 204 g/mol. The van der Waals surface area contributed by atoms with Crippen molar-refractivity contribution >= 4 is 5.78 Å². The van der Waals surface area contributed by atoms with Crippen LogP contribution in [-0.4, -0.2) is 29.2 Å². The molecule has 88 valence electrons. The van der Waals surface area contributed by atoms with Crippen LogP contribution in [0, 0.1) is 0 Å². The summed E-state index contributed by atoms with van der Waals surface area (Å²) in [5.74, 6) is -0.146. The van der Waals surface area contributed by atoms with E-state index in [0.717, 1.165) is 12.8 Å². The van der Waals surface area contributed by atoms with Gasteiger partial charge in [0.2, 0.25) is 0 Å². The van der Waals surface area contributed by atoms with Crippen LogP contribution in [0.25, 0.3) is 0 Å². The lowest BCUT2D eigenvalue weighted by molar-refractivity contribution is -0.134. The van der Waals surface area contributed by atoms with Gasteiger partial charge in [-0.15, -0.1) is 0 Å². The van der Waals surface area contributed by atoms with E-state index < -0.39 is 5.60 Å². The minimum atomic E-state index is -1.18. The van der Waals surface area contributed by atoms with Crippen molar-refractivity contribution in [3.63, 3.8) is 0 Å². The first-order chi connectivity index (χ1) is 7.54. The monoisotopic (exact) mass is 222 g/mol. The Morgan fingerprint density at radius 1 is 1.56 bits per heavy atom. The molecule has 0 radical (unpaired) electrons. The zero-order chi connectivity index (χ0) is 11.8. The molecule has 3 heteroatoms. The smallest absolute Gasteiger partial charge is 0.192 e. The summed E-state index contributed by atoms with van der Waals surface area (Å²) in [5.41, 5.74) is 0.693. The van der Waals surface area contributed by atoms with E-state index in [1.807, 2.05) is 19.1 Å². The quantitative estimate of drug-likeness (QED) is 0.688. The number of aliphatic hydroxyl groups is 1. The third-order valence-corrected chi connectivity index (χ3v) is 3.40. The second-order valence-corrected chi connectivity index (χ2v) is 4.76. The number of hydrogen-bond donors (Lipinski definition) is 1. The van der Waals surface area contributed by atoms with E-state index in [9.17, 15) is 9.90 Å². The fourth-order valence-corrected chi connectivity index (χ4v) is 2.37. The minimum Gasteiger partial charge on any atom is -0.382 e. The highest BCUT2D eigenvalue weighted by Gasteiger charge is 2.39. The normalized spacial score (nSPS) is 35.7. The summed E-state index contributed by atoms with van der Waals surface area (Å²) < 4.78 is 5.57. The summed E-state index contributed by atoms with van der Waals surface area (Å²) in [4.78, 5) is 11.9. The molecule has 2 rings (SSSR count). The standard InChI is InChI=1S/C13H18O3/c1-3-4-10-7-9-5-6-13(2,15)12(14)11(9)8-16-10/h3-4,10,15H,5-8H2,1-2H3/t10-,13+/m1/s1. The largest absolute Gasteiger partial charge is 0.382 e. The van der Waals surface area contributed by atoms with Gasteiger partial charge in [-0.1, -0.05) is 17.7 Å². The third-order valence-electron chi connectivity index (χ3n) is 3.40. The molecule has 0 bridgehead atoms. The molecule has 0 saturated heterocycles. The lowest BCUT2D eigenvalue weighted by atomic mass is 9.78. The summed E-state index contributed by atoms with van der Waals surface area (Å²) in [5, 5.41) is 9.90. The molecule has 16 heavy (non-hydrogen) atoms. The van der Waals surface area contributed by atoms with Crippen LogP contribution in [0.1, 0.15) is 33.1 Å². The average molecular weight is 222 g/mol. The van der Waals surface area contributed by atoms with Crippen molar-refractivity contribution in [2.75, 3.05) is 6.61 Å². The second kappa shape index (κ2) is 4.15. The molecule has 3 nitrogen and oxygen atoms in total. The molecule has 0 fully saturated rings. The van der Waals surface area contributed by atoms with Crippen molar-refractivity contribution in [3.8, 4) is 0 Å². The molecule has 1 N–H and O–H groups in total. The number of ether oxygens (including phenoxy) is 1. The zero-order valence-corrected chi connectivity index (χ0v) is 9.82. The molecule has 2 aliphatic rings. The van der Waals surface area contributed by atoms with Gasteiger partial charge in [0.15, 0.2) is 5.78 Å². The third kappa shape index (κ3) is 1.97. The Kier molecular flexibility index (Phi) is 3.00. The van der Waals surface area contributed by atoms with Crippen LogP contribution in [0.2, 0.25) is 0 Å². The predicted octanol–water partition coefficient (Wildman–Crippen LogP) is 1.76. The molecule has 0 aromatic rings. The van der Waals surface area contributed by atoms with Gasteiger partial charge in [0.25, 0.3) is 0 Å². The molecule has 0 unspecified atom stereocenters. The van der Waals surface area contributed by atoms with Gasteiger partial charge in [-0.3, -0.25) is 4.79 Å². The van der Waals surface area contributed by atoms with Gasteiger partial charge >= 0.3 is 0 Å². The van der Waals surface area contributed by atoms with E-state index in [-0.39, 0.29) is 11.9 Å². The van der Waals surface area contributed by atoms with Gasteiger partial charge in [0, 0.05) is 5.57 Å². The number of rotatable bonds is 1. The van der Waals surface area contributed by atoms with Gasteiger partial charge in [-0.25, -0.2) is 0 Å². The fraction of sp³-hybridized carbons (Fsp3) is 0.615. The maximum Gasteiger partial charge on any atom is 0.192 e. The van der Waals surface area contributed by atoms with E-state index in [2.05, 4.69) is 0 Å². The maximum absolute atomic E-state index is 11.9. The highest BCUT2D eigenvalue weighted by Crippen LogP contribution is 2.35. The first-order valence-corrected chi connectivity index (χ1v) is 5.77. The topological polar surface area (TPSA) is 46.5 Å². The van der Waals surface area contributed by atoms with Crippen LogP contribution in [-0.2, 0) is 9.53 Å². The summed E-state index contributed by atoms with van der Waals surface area (Å²) in [6.07, 6.45) is 6.22. The van der Waals surface area contributed by atoms with Crippen molar-refractivity contribution in [1.29, 1.82) is 0 Å². The van der Waals surface area contributed by atoms with Crippen LogP contribution in [0.15, 0.2) is 23.3 Å². The fourth-order valence-electron chi connectivity index (χ4n) is 2.37. The van der Waals surface area contributed by atoms with Crippen LogP contribution in [0.3, 0.4) is 0 Å². The average Bonchev–Trinajstić information content (AvgIpc) is 2.25. The predicted molar refractivity (Wildman–Crippen MR) is 61.1 cm³/mol. The zero-order valence-electron chi connectivity index (χ0n) is 9.82. The van der Waals surface area contributed by atoms with E-state index in [1.165, 1.54) is 5.57 Å². The number of ketones is 1. The van der Waals surface area contributed by atoms with Crippen LogP contribution < -0.4 is 0 Å². The van der Waals surface area contributed by atoms with Gasteiger partial charge in [-0.05, 0) is 33.1 Å². The van der Waals surface area contributed by atoms with Crippen molar-refractivity contribution in [1.82, 2.24) is 0 Å². The van der Waals surface area contributed by atoms with Crippen molar-refractivity contribution in [2.24, 2.45) is 0 Å². The molecule has 1 heterocycles. The number of hydrogen-bond acceptors (Lipinski definition) is 3. The molecule has 2 atom stereocenters. The summed E-state index contributed by atoms with van der Waals surface area (Å²) in [7, 11) is 0. The number of allylic oxidation sites excluding steroid dienone is 1. The van der Waals surface area contributed by atoms with Crippen molar-refractivity contribution in [3.05, 3.63) is 23.3 Å². The van der Waals surface area contributed by atoms with Crippen LogP contribution in [0.5, 0.6) is 0 Å². The Morgan fingerprint density at radius 3 is 3.00 bits per heavy atom. The molecule has 0 amide bonds.